The Balaban J connectivity index is 1.70. The van der Waals surface area contributed by atoms with Crippen LogP contribution in [0.3, 0.4) is 0 Å². The lowest BCUT2D eigenvalue weighted by Crippen LogP contribution is -2.50. The number of nitrogens with zero attached hydrogens (tertiary/aromatic N) is 4. The molecule has 128 valence electrons. The average Bonchev–Trinajstić information content (AvgIpc) is 3.04. The number of piperidine rings is 1. The zero-order chi connectivity index (χ0) is 17.0. The first-order valence-electron chi connectivity index (χ1n) is 8.04. The highest BCUT2D eigenvalue weighted by atomic mass is 16.5. The van der Waals surface area contributed by atoms with E-state index in [9.17, 15) is 9.90 Å². The van der Waals surface area contributed by atoms with Crippen LogP contribution in [0.4, 0.5) is 0 Å². The topological polar surface area (TPSA) is 80.5 Å². The molecule has 7 nitrogen and oxygen atoms in total. The lowest BCUT2D eigenvalue weighted by Gasteiger charge is -2.38. The van der Waals surface area contributed by atoms with Gasteiger partial charge in [-0.15, -0.1) is 5.10 Å². The van der Waals surface area contributed by atoms with Crippen molar-refractivity contribution in [2.45, 2.75) is 19.4 Å². The number of ether oxygens (including phenoxy) is 1. The SMILES string of the molecule is COCC1(C(=O)O)CCCN(Cc2ncn(-c3ccccc3)n2)C1. The van der Waals surface area contributed by atoms with Gasteiger partial charge < -0.3 is 9.84 Å². The van der Waals surface area contributed by atoms with E-state index in [4.69, 9.17) is 4.74 Å². The lowest BCUT2D eigenvalue weighted by atomic mass is 9.80. The van der Waals surface area contributed by atoms with Gasteiger partial charge in [-0.3, -0.25) is 9.69 Å². The second-order valence-electron chi connectivity index (χ2n) is 6.27. The number of carbonyl (C=O) groups is 1. The van der Waals surface area contributed by atoms with Gasteiger partial charge in [-0.05, 0) is 31.5 Å². The summed E-state index contributed by atoms with van der Waals surface area (Å²) in [5.74, 6) is -0.103. The normalized spacial score (nSPS) is 21.7. The molecule has 24 heavy (non-hydrogen) atoms. The Morgan fingerprint density at radius 2 is 2.17 bits per heavy atom. The van der Waals surface area contributed by atoms with Gasteiger partial charge in [-0.2, -0.15) is 0 Å². The molecule has 0 amide bonds. The number of aromatic nitrogens is 3. The molecule has 1 aliphatic rings. The maximum Gasteiger partial charge on any atom is 0.313 e. The van der Waals surface area contributed by atoms with Gasteiger partial charge in [0.2, 0.25) is 0 Å². The number of hydrogen-bond donors (Lipinski definition) is 1. The molecule has 1 aromatic heterocycles. The van der Waals surface area contributed by atoms with E-state index in [2.05, 4.69) is 15.0 Å². The predicted molar refractivity (Wildman–Crippen MR) is 87.8 cm³/mol. The minimum absolute atomic E-state index is 0.227. The first-order chi connectivity index (χ1) is 11.6. The number of methoxy groups -OCH3 is 1. The molecule has 1 aromatic carbocycles. The van der Waals surface area contributed by atoms with Crippen LogP contribution in [0.25, 0.3) is 5.69 Å². The minimum Gasteiger partial charge on any atom is -0.481 e. The third-order valence-electron chi connectivity index (χ3n) is 4.46. The quantitative estimate of drug-likeness (QED) is 0.866. The van der Waals surface area contributed by atoms with Crippen molar-refractivity contribution in [2.24, 2.45) is 5.41 Å². The van der Waals surface area contributed by atoms with E-state index in [-0.39, 0.29) is 6.61 Å². The molecule has 0 radical (unpaired) electrons. The molecule has 7 heteroatoms. The zero-order valence-corrected chi connectivity index (χ0v) is 13.8. The van der Waals surface area contributed by atoms with Crippen molar-refractivity contribution in [2.75, 3.05) is 26.8 Å². The number of para-hydroxylation sites is 1. The highest BCUT2D eigenvalue weighted by Gasteiger charge is 2.42. The monoisotopic (exact) mass is 330 g/mol. The molecule has 0 bridgehead atoms. The molecule has 0 aliphatic carbocycles. The van der Waals surface area contributed by atoms with Crippen molar-refractivity contribution in [1.29, 1.82) is 0 Å². The summed E-state index contributed by atoms with van der Waals surface area (Å²) in [6.45, 7) is 2.07. The van der Waals surface area contributed by atoms with Gasteiger partial charge in [0.25, 0.3) is 0 Å². The molecular formula is C17H22N4O3. The van der Waals surface area contributed by atoms with Gasteiger partial charge in [0, 0.05) is 13.7 Å². The molecule has 3 rings (SSSR count). The van der Waals surface area contributed by atoms with Crippen molar-refractivity contribution in [3.05, 3.63) is 42.5 Å². The van der Waals surface area contributed by atoms with Crippen LogP contribution in [-0.4, -0.2) is 57.5 Å². The summed E-state index contributed by atoms with van der Waals surface area (Å²) in [7, 11) is 1.55. The summed E-state index contributed by atoms with van der Waals surface area (Å²) in [5.41, 5.74) is 0.115. The summed E-state index contributed by atoms with van der Waals surface area (Å²) < 4.78 is 6.90. The Morgan fingerprint density at radius 3 is 2.88 bits per heavy atom. The summed E-state index contributed by atoms with van der Waals surface area (Å²) >= 11 is 0. The van der Waals surface area contributed by atoms with Crippen LogP contribution >= 0.6 is 0 Å². The van der Waals surface area contributed by atoms with Crippen LogP contribution in [0.5, 0.6) is 0 Å². The fourth-order valence-electron chi connectivity index (χ4n) is 3.27. The van der Waals surface area contributed by atoms with E-state index >= 15 is 0 Å². The van der Waals surface area contributed by atoms with Crippen molar-refractivity contribution in [3.63, 3.8) is 0 Å². The number of aliphatic carboxylic acids is 1. The second kappa shape index (κ2) is 7.11. The smallest absolute Gasteiger partial charge is 0.313 e. The number of likely N-dealkylation sites (tertiary alicyclic amines) is 1. The van der Waals surface area contributed by atoms with Crippen LogP contribution < -0.4 is 0 Å². The molecule has 2 aromatic rings. The van der Waals surface area contributed by atoms with E-state index in [1.807, 2.05) is 30.3 Å². The number of hydrogen-bond acceptors (Lipinski definition) is 5. The maximum absolute atomic E-state index is 11.7. The first kappa shape index (κ1) is 16.6. The lowest BCUT2D eigenvalue weighted by molar-refractivity contribution is -0.157. The van der Waals surface area contributed by atoms with E-state index in [1.165, 1.54) is 0 Å². The Labute approximate surface area is 140 Å². The summed E-state index contributed by atoms with van der Waals surface area (Å²) in [4.78, 5) is 18.2. The number of benzene rings is 1. The highest BCUT2D eigenvalue weighted by Crippen LogP contribution is 2.31. The highest BCUT2D eigenvalue weighted by molar-refractivity contribution is 5.75. The van der Waals surface area contributed by atoms with E-state index in [1.54, 1.807) is 18.1 Å². The van der Waals surface area contributed by atoms with Crippen LogP contribution in [0.15, 0.2) is 36.7 Å². The number of rotatable bonds is 6. The summed E-state index contributed by atoms with van der Waals surface area (Å²) in [6, 6.07) is 9.79. The molecule has 1 unspecified atom stereocenters. The molecule has 2 heterocycles. The fourth-order valence-corrected chi connectivity index (χ4v) is 3.27. The van der Waals surface area contributed by atoms with Gasteiger partial charge in [-0.25, -0.2) is 9.67 Å². The van der Waals surface area contributed by atoms with Gasteiger partial charge in [0.05, 0.1) is 18.8 Å². The third kappa shape index (κ3) is 3.47. The predicted octanol–water partition coefficient (Wildman–Crippen LogP) is 1.58. The zero-order valence-electron chi connectivity index (χ0n) is 13.8. The standard InChI is InChI=1S/C17H22N4O3/c1-24-12-17(16(22)23)8-5-9-20(11-17)10-15-18-13-21(19-15)14-6-3-2-4-7-14/h2-4,6-7,13H,5,8-12H2,1H3,(H,22,23). The molecule has 1 N–H and O–H groups in total. The summed E-state index contributed by atoms with van der Waals surface area (Å²) in [6.07, 6.45) is 3.15. The van der Waals surface area contributed by atoms with E-state index in [0.717, 1.165) is 18.7 Å². The van der Waals surface area contributed by atoms with E-state index < -0.39 is 11.4 Å². The minimum atomic E-state index is -0.838. The molecule has 1 aliphatic heterocycles. The average molecular weight is 330 g/mol. The number of carboxylic acid groups (broad SMARTS) is 1. The van der Waals surface area contributed by atoms with Crippen LogP contribution in [0, 0.1) is 5.41 Å². The molecule has 1 atom stereocenters. The van der Waals surface area contributed by atoms with Gasteiger partial charge in [0.15, 0.2) is 5.82 Å². The fraction of sp³-hybridized carbons (Fsp3) is 0.471. The van der Waals surface area contributed by atoms with Crippen LogP contribution in [0.2, 0.25) is 0 Å². The maximum atomic E-state index is 11.7. The third-order valence-corrected chi connectivity index (χ3v) is 4.46. The Bertz CT molecular complexity index is 684. The number of carboxylic acids is 1. The molecule has 1 saturated heterocycles. The van der Waals surface area contributed by atoms with Crippen molar-refractivity contribution >= 4 is 5.97 Å². The Morgan fingerprint density at radius 1 is 1.38 bits per heavy atom. The molecule has 1 fully saturated rings. The molecular weight excluding hydrogens is 308 g/mol. The first-order valence-corrected chi connectivity index (χ1v) is 8.04. The Kier molecular flexibility index (Phi) is 4.92. The summed E-state index contributed by atoms with van der Waals surface area (Å²) in [5, 5.41) is 14.1. The van der Waals surface area contributed by atoms with Crippen molar-refractivity contribution in [3.8, 4) is 5.69 Å². The van der Waals surface area contributed by atoms with Crippen molar-refractivity contribution < 1.29 is 14.6 Å². The van der Waals surface area contributed by atoms with Crippen LogP contribution in [-0.2, 0) is 16.1 Å². The van der Waals surface area contributed by atoms with Crippen molar-refractivity contribution in [1.82, 2.24) is 19.7 Å². The van der Waals surface area contributed by atoms with Gasteiger partial charge in [0.1, 0.15) is 11.7 Å². The van der Waals surface area contributed by atoms with E-state index in [0.29, 0.717) is 25.3 Å². The Hall–Kier alpha value is -2.25. The van der Waals surface area contributed by atoms with Gasteiger partial charge >= 0.3 is 5.97 Å². The van der Waals surface area contributed by atoms with Crippen LogP contribution in [0.1, 0.15) is 18.7 Å². The second-order valence-corrected chi connectivity index (χ2v) is 6.27. The molecule has 0 saturated carbocycles. The largest absolute Gasteiger partial charge is 0.481 e. The van der Waals surface area contributed by atoms with Gasteiger partial charge in [-0.1, -0.05) is 18.2 Å². The molecule has 0 spiro atoms.